The van der Waals surface area contributed by atoms with Gasteiger partial charge in [-0.2, -0.15) is 0 Å². The summed E-state index contributed by atoms with van der Waals surface area (Å²) < 4.78 is 5.28. The van der Waals surface area contributed by atoms with E-state index in [-0.39, 0.29) is 10.1 Å². The van der Waals surface area contributed by atoms with Gasteiger partial charge in [0.25, 0.3) is 5.56 Å². The van der Waals surface area contributed by atoms with Gasteiger partial charge in [0.2, 0.25) is 0 Å². The fourth-order valence-corrected chi connectivity index (χ4v) is 4.64. The summed E-state index contributed by atoms with van der Waals surface area (Å²) in [5, 5.41) is 0. The first-order valence-corrected chi connectivity index (χ1v) is 7.88. The number of rotatable bonds is 2. The number of fused-ring (bicyclic) bond motifs is 1. The average Bonchev–Trinajstić information content (AvgIpc) is 2.47. The molecule has 0 amide bonds. The Hall–Kier alpha value is -1.60. The SMILES string of the molecule is COc1ccc(C2SCc3[nH]c(=O)[nH]c(=O)c3S2)cc1. The molecule has 3 rings (SSSR count). The van der Waals surface area contributed by atoms with E-state index in [0.29, 0.717) is 16.3 Å². The summed E-state index contributed by atoms with van der Waals surface area (Å²) in [6, 6.07) is 7.80. The van der Waals surface area contributed by atoms with Crippen molar-refractivity contribution >= 4 is 23.5 Å². The van der Waals surface area contributed by atoms with E-state index in [0.717, 1.165) is 11.3 Å². The first kappa shape index (κ1) is 13.4. The fraction of sp³-hybridized carbons (Fsp3) is 0.231. The van der Waals surface area contributed by atoms with Crippen LogP contribution in [0.2, 0.25) is 0 Å². The zero-order valence-corrected chi connectivity index (χ0v) is 12.3. The van der Waals surface area contributed by atoms with Crippen molar-refractivity contribution in [2.75, 3.05) is 7.11 Å². The number of ether oxygens (including phenoxy) is 1. The third-order valence-corrected chi connectivity index (χ3v) is 5.84. The topological polar surface area (TPSA) is 75.0 Å². The van der Waals surface area contributed by atoms with Gasteiger partial charge >= 0.3 is 5.69 Å². The van der Waals surface area contributed by atoms with Crippen LogP contribution in [0, 0.1) is 0 Å². The Labute approximate surface area is 123 Å². The summed E-state index contributed by atoms with van der Waals surface area (Å²) in [6.07, 6.45) is 0. The molecule has 2 aromatic rings. The molecule has 1 unspecified atom stereocenters. The highest BCUT2D eigenvalue weighted by molar-refractivity contribution is 8.16. The van der Waals surface area contributed by atoms with Gasteiger partial charge in [0, 0.05) is 11.4 Å². The second kappa shape index (κ2) is 5.41. The van der Waals surface area contributed by atoms with Crippen molar-refractivity contribution in [3.63, 3.8) is 0 Å². The van der Waals surface area contributed by atoms with E-state index in [9.17, 15) is 9.59 Å². The summed E-state index contributed by atoms with van der Waals surface area (Å²) >= 11 is 3.16. The molecule has 2 heterocycles. The van der Waals surface area contributed by atoms with E-state index in [4.69, 9.17) is 4.74 Å². The lowest BCUT2D eigenvalue weighted by atomic mass is 10.2. The molecule has 5 nitrogen and oxygen atoms in total. The lowest BCUT2D eigenvalue weighted by Crippen LogP contribution is -2.27. The molecule has 0 saturated heterocycles. The standard InChI is InChI=1S/C13H12N2O3S2/c1-18-8-4-2-7(3-5-8)12-19-6-9-10(20-12)11(16)15-13(17)14-9/h2-5,12H,6H2,1H3,(H2,14,15,16,17). The number of hydrogen-bond donors (Lipinski definition) is 2. The largest absolute Gasteiger partial charge is 0.497 e. The second-order valence-corrected chi connectivity index (χ2v) is 6.76. The fourth-order valence-electron chi connectivity index (χ4n) is 1.97. The number of aromatic nitrogens is 2. The van der Waals surface area contributed by atoms with Gasteiger partial charge in [-0.05, 0) is 17.7 Å². The van der Waals surface area contributed by atoms with Crippen molar-refractivity contribution in [2.24, 2.45) is 0 Å². The molecule has 0 radical (unpaired) electrons. The van der Waals surface area contributed by atoms with Gasteiger partial charge in [-0.3, -0.25) is 9.78 Å². The van der Waals surface area contributed by atoms with E-state index in [1.54, 1.807) is 18.9 Å². The number of methoxy groups -OCH3 is 1. The van der Waals surface area contributed by atoms with Crippen LogP contribution in [-0.2, 0) is 5.75 Å². The van der Waals surface area contributed by atoms with Crippen molar-refractivity contribution in [3.05, 3.63) is 56.4 Å². The van der Waals surface area contributed by atoms with Crippen molar-refractivity contribution in [2.45, 2.75) is 15.2 Å². The first-order valence-electron chi connectivity index (χ1n) is 5.95. The van der Waals surface area contributed by atoms with Crippen LogP contribution >= 0.6 is 23.5 Å². The number of hydrogen-bond acceptors (Lipinski definition) is 5. The van der Waals surface area contributed by atoms with Crippen LogP contribution in [0.25, 0.3) is 0 Å². The quantitative estimate of drug-likeness (QED) is 0.889. The molecule has 0 saturated carbocycles. The highest BCUT2D eigenvalue weighted by Crippen LogP contribution is 2.48. The van der Waals surface area contributed by atoms with Crippen LogP contribution in [0.3, 0.4) is 0 Å². The van der Waals surface area contributed by atoms with Crippen LogP contribution < -0.4 is 16.0 Å². The van der Waals surface area contributed by atoms with Crippen LogP contribution in [0.1, 0.15) is 15.8 Å². The molecule has 1 aromatic heterocycles. The number of aromatic amines is 2. The molecule has 1 aromatic carbocycles. The minimum atomic E-state index is -0.446. The Morgan fingerprint density at radius 2 is 1.95 bits per heavy atom. The lowest BCUT2D eigenvalue weighted by Gasteiger charge is -2.22. The molecule has 1 aliphatic rings. The average molecular weight is 308 g/mol. The van der Waals surface area contributed by atoms with Crippen molar-refractivity contribution in [1.82, 2.24) is 9.97 Å². The highest BCUT2D eigenvalue weighted by Gasteiger charge is 2.24. The minimum absolute atomic E-state index is 0.139. The van der Waals surface area contributed by atoms with E-state index in [1.807, 2.05) is 24.3 Å². The summed E-state index contributed by atoms with van der Waals surface area (Å²) in [4.78, 5) is 28.6. The number of nitrogens with one attached hydrogen (secondary N) is 2. The van der Waals surface area contributed by atoms with Crippen molar-refractivity contribution in [1.29, 1.82) is 0 Å². The Balaban J connectivity index is 1.91. The van der Waals surface area contributed by atoms with Gasteiger partial charge in [-0.15, -0.1) is 11.8 Å². The zero-order valence-electron chi connectivity index (χ0n) is 10.6. The molecule has 0 aliphatic carbocycles. The van der Waals surface area contributed by atoms with Gasteiger partial charge in [-0.25, -0.2) is 4.79 Å². The van der Waals surface area contributed by atoms with E-state index >= 15 is 0 Å². The van der Waals surface area contributed by atoms with Crippen LogP contribution in [0.4, 0.5) is 0 Å². The smallest absolute Gasteiger partial charge is 0.325 e. The predicted octanol–water partition coefficient (Wildman–Crippen LogP) is 2.11. The summed E-state index contributed by atoms with van der Waals surface area (Å²) in [7, 11) is 1.63. The third-order valence-electron chi connectivity index (χ3n) is 2.96. The molecule has 104 valence electrons. The van der Waals surface area contributed by atoms with Gasteiger partial charge in [0.05, 0.1) is 16.6 Å². The van der Waals surface area contributed by atoms with Gasteiger partial charge in [0.1, 0.15) is 5.75 Å². The molecular weight excluding hydrogens is 296 g/mol. The molecule has 0 fully saturated rings. The Morgan fingerprint density at radius 3 is 2.65 bits per heavy atom. The van der Waals surface area contributed by atoms with Gasteiger partial charge in [-0.1, -0.05) is 23.9 Å². The van der Waals surface area contributed by atoms with Crippen molar-refractivity contribution < 1.29 is 4.74 Å². The molecular formula is C13H12N2O3S2. The zero-order chi connectivity index (χ0) is 14.1. The van der Waals surface area contributed by atoms with E-state index in [2.05, 4.69) is 9.97 Å². The van der Waals surface area contributed by atoms with Gasteiger partial charge in [0.15, 0.2) is 0 Å². The normalized spacial score (nSPS) is 17.6. The predicted molar refractivity (Wildman–Crippen MR) is 80.6 cm³/mol. The maximum atomic E-state index is 11.8. The molecule has 0 bridgehead atoms. The number of thioether (sulfide) groups is 2. The molecule has 2 N–H and O–H groups in total. The van der Waals surface area contributed by atoms with Crippen LogP contribution in [0.15, 0.2) is 38.8 Å². The molecule has 1 aliphatic heterocycles. The Morgan fingerprint density at radius 1 is 1.20 bits per heavy atom. The maximum Gasteiger partial charge on any atom is 0.325 e. The maximum absolute atomic E-state index is 11.8. The Bertz CT molecular complexity index is 737. The summed E-state index contributed by atoms with van der Waals surface area (Å²) in [5.41, 5.74) is 1.07. The molecule has 20 heavy (non-hydrogen) atoms. The monoisotopic (exact) mass is 308 g/mol. The third kappa shape index (κ3) is 2.51. The second-order valence-electron chi connectivity index (χ2n) is 4.25. The Kier molecular flexibility index (Phi) is 3.62. The molecule has 0 spiro atoms. The van der Waals surface area contributed by atoms with E-state index in [1.165, 1.54) is 11.8 Å². The lowest BCUT2D eigenvalue weighted by molar-refractivity contribution is 0.414. The number of benzene rings is 1. The minimum Gasteiger partial charge on any atom is -0.497 e. The number of H-pyrrole nitrogens is 2. The molecule has 7 heteroatoms. The van der Waals surface area contributed by atoms with Gasteiger partial charge < -0.3 is 9.72 Å². The first-order chi connectivity index (χ1) is 9.67. The summed E-state index contributed by atoms with van der Waals surface area (Å²) in [6.45, 7) is 0. The van der Waals surface area contributed by atoms with E-state index < -0.39 is 5.69 Å². The summed E-state index contributed by atoms with van der Waals surface area (Å²) in [5.74, 6) is 1.43. The van der Waals surface area contributed by atoms with Crippen LogP contribution in [0.5, 0.6) is 5.75 Å². The van der Waals surface area contributed by atoms with Crippen LogP contribution in [-0.4, -0.2) is 17.1 Å². The highest BCUT2D eigenvalue weighted by atomic mass is 32.2. The molecule has 1 atom stereocenters. The van der Waals surface area contributed by atoms with Crippen molar-refractivity contribution in [3.8, 4) is 5.75 Å².